The summed E-state index contributed by atoms with van der Waals surface area (Å²) in [6.45, 7) is 0.823. The highest BCUT2D eigenvalue weighted by atomic mass is 35.5. The summed E-state index contributed by atoms with van der Waals surface area (Å²) in [5.41, 5.74) is 3.95. The second kappa shape index (κ2) is 3.57. The van der Waals surface area contributed by atoms with E-state index in [1.807, 2.05) is 0 Å². The van der Waals surface area contributed by atoms with Crippen LogP contribution in [0.1, 0.15) is 24.0 Å². The molecule has 2 heteroatoms. The minimum absolute atomic E-state index is 0.206. The van der Waals surface area contributed by atoms with Gasteiger partial charge in [-0.2, -0.15) is 0 Å². The standard InChI is InChI=1S/C13H13ClO/c14-11-5-4-10(8-11)12-3-1-2-9-6-7-15-13(9)12/h1-3,8,11H,4-7H2. The van der Waals surface area contributed by atoms with Crippen LogP contribution in [0.2, 0.25) is 0 Å². The van der Waals surface area contributed by atoms with E-state index in [-0.39, 0.29) is 5.38 Å². The lowest BCUT2D eigenvalue weighted by atomic mass is 10.0. The van der Waals surface area contributed by atoms with Gasteiger partial charge in [0.25, 0.3) is 0 Å². The fourth-order valence-corrected chi connectivity index (χ4v) is 2.63. The highest BCUT2D eigenvalue weighted by molar-refractivity contribution is 6.22. The zero-order valence-electron chi connectivity index (χ0n) is 8.50. The van der Waals surface area contributed by atoms with Gasteiger partial charge < -0.3 is 4.74 Å². The Hall–Kier alpha value is -0.950. The Morgan fingerprint density at radius 3 is 3.00 bits per heavy atom. The lowest BCUT2D eigenvalue weighted by Gasteiger charge is -2.08. The van der Waals surface area contributed by atoms with Crippen LogP contribution in [0.3, 0.4) is 0 Å². The molecule has 1 aliphatic heterocycles. The molecule has 0 saturated heterocycles. The summed E-state index contributed by atoms with van der Waals surface area (Å²) in [5.74, 6) is 1.09. The van der Waals surface area contributed by atoms with Crippen molar-refractivity contribution >= 4 is 17.2 Å². The zero-order chi connectivity index (χ0) is 10.3. The van der Waals surface area contributed by atoms with Crippen LogP contribution in [0, 0.1) is 0 Å². The number of hydrogen-bond acceptors (Lipinski definition) is 1. The van der Waals surface area contributed by atoms with Crippen LogP contribution < -0.4 is 4.74 Å². The van der Waals surface area contributed by atoms with Crippen molar-refractivity contribution in [2.24, 2.45) is 0 Å². The van der Waals surface area contributed by atoms with E-state index in [1.54, 1.807) is 0 Å². The average Bonchev–Trinajstić information content (AvgIpc) is 2.84. The minimum atomic E-state index is 0.206. The van der Waals surface area contributed by atoms with E-state index in [1.165, 1.54) is 16.7 Å². The largest absolute Gasteiger partial charge is 0.492 e. The molecule has 1 aromatic carbocycles. The van der Waals surface area contributed by atoms with E-state index < -0.39 is 0 Å². The fraction of sp³-hybridized carbons (Fsp3) is 0.385. The van der Waals surface area contributed by atoms with Crippen LogP contribution in [0.25, 0.3) is 5.57 Å². The number of hydrogen-bond donors (Lipinski definition) is 0. The molecule has 78 valence electrons. The molecule has 1 aromatic rings. The SMILES string of the molecule is ClC1C=C(c2cccc3c2OCC3)CC1. The average molecular weight is 221 g/mol. The second-order valence-corrected chi connectivity index (χ2v) is 4.70. The molecule has 0 radical (unpaired) electrons. The zero-order valence-corrected chi connectivity index (χ0v) is 9.26. The van der Waals surface area contributed by atoms with Crippen LogP contribution in [0.5, 0.6) is 5.75 Å². The van der Waals surface area contributed by atoms with Gasteiger partial charge in [0.05, 0.1) is 12.0 Å². The number of alkyl halides is 1. The first-order valence-electron chi connectivity index (χ1n) is 5.44. The van der Waals surface area contributed by atoms with Crippen molar-refractivity contribution < 1.29 is 4.74 Å². The van der Waals surface area contributed by atoms with Crippen LogP contribution in [-0.2, 0) is 6.42 Å². The molecule has 0 saturated carbocycles. The van der Waals surface area contributed by atoms with Gasteiger partial charge >= 0.3 is 0 Å². The summed E-state index contributed by atoms with van der Waals surface area (Å²) in [5, 5.41) is 0.206. The van der Waals surface area contributed by atoms with E-state index in [2.05, 4.69) is 24.3 Å². The third-order valence-electron chi connectivity index (χ3n) is 3.13. The molecule has 1 heterocycles. The molecule has 1 aliphatic carbocycles. The van der Waals surface area contributed by atoms with Gasteiger partial charge in [-0.25, -0.2) is 0 Å². The van der Waals surface area contributed by atoms with Crippen molar-refractivity contribution in [3.05, 3.63) is 35.4 Å². The molecule has 0 fully saturated rings. The molecule has 1 atom stereocenters. The smallest absolute Gasteiger partial charge is 0.130 e. The maximum Gasteiger partial charge on any atom is 0.130 e. The van der Waals surface area contributed by atoms with Gasteiger partial charge in [0.2, 0.25) is 0 Å². The first-order chi connectivity index (χ1) is 7.34. The monoisotopic (exact) mass is 220 g/mol. The van der Waals surface area contributed by atoms with E-state index >= 15 is 0 Å². The Morgan fingerprint density at radius 2 is 2.20 bits per heavy atom. The summed E-state index contributed by atoms with van der Waals surface area (Å²) in [4.78, 5) is 0. The summed E-state index contributed by atoms with van der Waals surface area (Å²) < 4.78 is 5.69. The molecule has 3 rings (SSSR count). The van der Waals surface area contributed by atoms with E-state index in [0.717, 1.165) is 31.6 Å². The number of benzene rings is 1. The molecule has 1 unspecified atom stereocenters. The van der Waals surface area contributed by atoms with Crippen molar-refractivity contribution in [2.45, 2.75) is 24.6 Å². The fourth-order valence-electron chi connectivity index (χ4n) is 2.37. The molecule has 2 aliphatic rings. The van der Waals surface area contributed by atoms with Gasteiger partial charge in [-0.05, 0) is 24.0 Å². The summed E-state index contributed by atoms with van der Waals surface area (Å²) in [6.07, 6.45) is 5.34. The van der Waals surface area contributed by atoms with Gasteiger partial charge in [0.1, 0.15) is 5.75 Å². The molecular weight excluding hydrogens is 208 g/mol. The van der Waals surface area contributed by atoms with Crippen molar-refractivity contribution in [2.75, 3.05) is 6.61 Å². The Kier molecular flexibility index (Phi) is 2.21. The third kappa shape index (κ3) is 1.55. The second-order valence-electron chi connectivity index (χ2n) is 4.14. The molecule has 0 bridgehead atoms. The Balaban J connectivity index is 2.06. The van der Waals surface area contributed by atoms with E-state index in [0.29, 0.717) is 0 Å². The molecule has 0 amide bonds. The van der Waals surface area contributed by atoms with Gasteiger partial charge in [0.15, 0.2) is 0 Å². The van der Waals surface area contributed by atoms with E-state index in [9.17, 15) is 0 Å². The Labute approximate surface area is 94.7 Å². The third-order valence-corrected chi connectivity index (χ3v) is 3.48. The lowest BCUT2D eigenvalue weighted by molar-refractivity contribution is 0.356. The number of allylic oxidation sites excluding steroid dienone is 2. The van der Waals surface area contributed by atoms with Crippen LogP contribution in [-0.4, -0.2) is 12.0 Å². The van der Waals surface area contributed by atoms with Crippen molar-refractivity contribution in [1.82, 2.24) is 0 Å². The number of rotatable bonds is 1. The Morgan fingerprint density at radius 1 is 1.27 bits per heavy atom. The maximum atomic E-state index is 6.09. The quantitative estimate of drug-likeness (QED) is 0.660. The number of fused-ring (bicyclic) bond motifs is 1. The van der Waals surface area contributed by atoms with Crippen LogP contribution in [0.4, 0.5) is 0 Å². The number of para-hydroxylation sites is 1. The predicted molar refractivity (Wildman–Crippen MR) is 62.5 cm³/mol. The summed E-state index contributed by atoms with van der Waals surface area (Å²) >= 11 is 6.09. The first-order valence-corrected chi connectivity index (χ1v) is 5.88. The van der Waals surface area contributed by atoms with Crippen LogP contribution in [0.15, 0.2) is 24.3 Å². The minimum Gasteiger partial charge on any atom is -0.492 e. The molecule has 15 heavy (non-hydrogen) atoms. The molecule has 0 aromatic heterocycles. The normalized spacial score (nSPS) is 23.5. The maximum absolute atomic E-state index is 6.09. The van der Waals surface area contributed by atoms with Crippen LogP contribution >= 0.6 is 11.6 Å². The first kappa shape index (κ1) is 9.29. The predicted octanol–water partition coefficient (Wildman–Crippen LogP) is 3.41. The van der Waals surface area contributed by atoms with Crippen molar-refractivity contribution in [3.8, 4) is 5.75 Å². The molecule has 0 N–H and O–H groups in total. The summed E-state index contributed by atoms with van der Waals surface area (Å²) in [6, 6.07) is 6.41. The number of ether oxygens (including phenoxy) is 1. The molecular formula is C13H13ClO. The van der Waals surface area contributed by atoms with Gasteiger partial charge in [-0.3, -0.25) is 0 Å². The van der Waals surface area contributed by atoms with Gasteiger partial charge in [0, 0.05) is 12.0 Å². The topological polar surface area (TPSA) is 9.23 Å². The Bertz CT molecular complexity index is 423. The van der Waals surface area contributed by atoms with E-state index in [4.69, 9.17) is 16.3 Å². The van der Waals surface area contributed by atoms with Crippen molar-refractivity contribution in [3.63, 3.8) is 0 Å². The van der Waals surface area contributed by atoms with Gasteiger partial charge in [-0.15, -0.1) is 11.6 Å². The van der Waals surface area contributed by atoms with Crippen molar-refractivity contribution in [1.29, 1.82) is 0 Å². The molecule has 1 nitrogen and oxygen atoms in total. The molecule has 0 spiro atoms. The highest BCUT2D eigenvalue weighted by Crippen LogP contribution is 2.39. The highest BCUT2D eigenvalue weighted by Gasteiger charge is 2.21. The number of halogens is 1. The summed E-state index contributed by atoms with van der Waals surface area (Å²) in [7, 11) is 0. The lowest BCUT2D eigenvalue weighted by Crippen LogP contribution is -1.90. The van der Waals surface area contributed by atoms with Gasteiger partial charge in [-0.1, -0.05) is 24.3 Å².